The van der Waals surface area contributed by atoms with Crippen molar-refractivity contribution in [3.05, 3.63) is 338 Å². The van der Waals surface area contributed by atoms with Gasteiger partial charge in [-0.05, 0) is 166 Å². The number of nitrogens with zero attached hydrogens (tertiary/aromatic N) is 2. The summed E-state index contributed by atoms with van der Waals surface area (Å²) in [5.41, 5.74) is 21.2. The van der Waals surface area contributed by atoms with E-state index in [1.165, 1.54) is 121 Å². The molecule has 1 aliphatic carbocycles. The monoisotopic (exact) mass is 1030 g/mol. The van der Waals surface area contributed by atoms with Crippen LogP contribution in [-0.4, -0.2) is 4.57 Å². The number of para-hydroxylation sites is 2. The quantitative estimate of drug-likeness (QED) is 0.131. The first-order chi connectivity index (χ1) is 40.2. The summed E-state index contributed by atoms with van der Waals surface area (Å²) in [6, 6.07) is 117. The molecule has 1 heterocycles. The van der Waals surface area contributed by atoms with Crippen LogP contribution >= 0.6 is 0 Å². The Morgan fingerprint density at radius 3 is 1.37 bits per heavy atom. The smallest absolute Gasteiger partial charge is 0.0713 e. The van der Waals surface area contributed by atoms with Crippen LogP contribution in [0.1, 0.15) is 22.3 Å². The molecule has 0 fully saturated rings. The maximum Gasteiger partial charge on any atom is 0.0713 e. The van der Waals surface area contributed by atoms with E-state index in [0.29, 0.717) is 0 Å². The van der Waals surface area contributed by atoms with E-state index in [1.54, 1.807) is 0 Å². The van der Waals surface area contributed by atoms with Gasteiger partial charge < -0.3 is 9.47 Å². The van der Waals surface area contributed by atoms with Crippen LogP contribution in [0, 0.1) is 0 Å². The molecule has 81 heavy (non-hydrogen) atoms. The highest BCUT2D eigenvalue weighted by molar-refractivity contribution is 6.22. The van der Waals surface area contributed by atoms with Crippen LogP contribution in [0.4, 0.5) is 17.1 Å². The average Bonchev–Trinajstić information content (AvgIpc) is 4.24. The molecule has 1 aliphatic rings. The molecule has 2 heteroatoms. The van der Waals surface area contributed by atoms with Gasteiger partial charge in [0.15, 0.2) is 0 Å². The van der Waals surface area contributed by atoms with Gasteiger partial charge in [-0.15, -0.1) is 0 Å². The lowest BCUT2D eigenvalue weighted by Crippen LogP contribution is -2.28. The summed E-state index contributed by atoms with van der Waals surface area (Å²) in [7, 11) is 0. The first-order valence-electron chi connectivity index (χ1n) is 28.1. The molecule has 0 unspecified atom stereocenters. The predicted octanol–water partition coefficient (Wildman–Crippen LogP) is 21.1. The fraction of sp³-hybridized carbons (Fsp3) is 0.0127. The van der Waals surface area contributed by atoms with Gasteiger partial charge in [-0.3, -0.25) is 0 Å². The Kier molecular flexibility index (Phi) is 10.8. The predicted molar refractivity (Wildman–Crippen MR) is 342 cm³/mol. The van der Waals surface area contributed by atoms with E-state index in [1.807, 2.05) is 0 Å². The molecular weight excluding hydrogens is 977 g/mol. The van der Waals surface area contributed by atoms with Gasteiger partial charge >= 0.3 is 0 Å². The molecule has 16 rings (SSSR count). The van der Waals surface area contributed by atoms with E-state index < -0.39 is 5.41 Å². The van der Waals surface area contributed by atoms with Gasteiger partial charge in [0, 0.05) is 33.5 Å². The van der Waals surface area contributed by atoms with Crippen molar-refractivity contribution in [3.8, 4) is 50.2 Å². The number of rotatable bonds is 9. The molecule has 0 N–H and O–H groups in total. The summed E-state index contributed by atoms with van der Waals surface area (Å²) in [4.78, 5) is 2.42. The Labute approximate surface area is 471 Å². The van der Waals surface area contributed by atoms with Crippen molar-refractivity contribution < 1.29 is 0 Å². The Bertz CT molecular complexity index is 4800. The number of hydrogen-bond donors (Lipinski definition) is 0. The van der Waals surface area contributed by atoms with Crippen LogP contribution in [0.15, 0.2) is 315 Å². The van der Waals surface area contributed by atoms with E-state index in [9.17, 15) is 0 Å². The second kappa shape index (κ2) is 18.8. The summed E-state index contributed by atoms with van der Waals surface area (Å²) >= 11 is 0. The highest BCUT2D eigenvalue weighted by Gasteiger charge is 2.46. The van der Waals surface area contributed by atoms with Crippen LogP contribution in [0.2, 0.25) is 0 Å². The van der Waals surface area contributed by atoms with Crippen molar-refractivity contribution in [1.29, 1.82) is 0 Å². The molecule has 0 aliphatic heterocycles. The standard InChI is InChI=1S/C79H52N2/c1-4-23-57(24-5-1)79(58-25-6-2-7-26-58)73-37-18-16-30-65(73)66-49-43-56(51-74(66)79)78-70-34-14-12-32-68(70)77(69-33-13-15-35-71(69)78)55-41-46-61(47-42-55)80(60-44-39-54(40-45-60)64-36-20-22-53-21-10-11-29-63(53)64)62-48-50-76-72(52-62)67-31-17-19-38-75(67)81(76)59-27-8-3-9-28-59/h1-52H. The van der Waals surface area contributed by atoms with Gasteiger partial charge in [0.25, 0.3) is 0 Å². The Morgan fingerprint density at radius 2 is 0.716 bits per heavy atom. The number of anilines is 3. The zero-order chi connectivity index (χ0) is 53.4. The van der Waals surface area contributed by atoms with Crippen LogP contribution in [-0.2, 0) is 5.41 Å². The lowest BCUT2D eigenvalue weighted by Gasteiger charge is -2.34. The highest BCUT2D eigenvalue weighted by Crippen LogP contribution is 2.57. The Hall–Kier alpha value is -10.5. The number of fused-ring (bicyclic) bond motifs is 9. The van der Waals surface area contributed by atoms with Gasteiger partial charge in [0.05, 0.1) is 16.4 Å². The largest absolute Gasteiger partial charge is 0.310 e. The van der Waals surface area contributed by atoms with Gasteiger partial charge in [0.2, 0.25) is 0 Å². The normalized spacial score (nSPS) is 12.5. The second-order valence-electron chi connectivity index (χ2n) is 21.5. The third kappa shape index (κ3) is 7.27. The molecule has 0 spiro atoms. The minimum absolute atomic E-state index is 0.503. The summed E-state index contributed by atoms with van der Waals surface area (Å²) in [5, 5.41) is 9.82. The SMILES string of the molecule is c1ccc(-n2c3ccccc3c3cc(N(c4ccc(-c5cccc6ccccc56)cc4)c4ccc(-c5c6ccccc6c(-c6ccc7c(c6)C(c6ccccc6)(c6ccccc6)c6ccccc6-7)c6ccccc56)cc4)ccc32)cc1. The van der Waals surface area contributed by atoms with Crippen molar-refractivity contribution >= 4 is 71.2 Å². The van der Waals surface area contributed by atoms with Gasteiger partial charge in [-0.1, -0.05) is 249 Å². The molecule has 0 bridgehead atoms. The third-order valence-corrected chi connectivity index (χ3v) is 17.2. The van der Waals surface area contributed by atoms with Crippen molar-refractivity contribution in [2.75, 3.05) is 4.90 Å². The Morgan fingerprint density at radius 1 is 0.259 bits per heavy atom. The molecule has 0 saturated carbocycles. The summed E-state index contributed by atoms with van der Waals surface area (Å²) in [5.74, 6) is 0. The molecule has 1 aromatic heterocycles. The van der Waals surface area contributed by atoms with E-state index in [2.05, 4.69) is 325 Å². The second-order valence-corrected chi connectivity index (χ2v) is 21.5. The Balaban J connectivity index is 0.858. The highest BCUT2D eigenvalue weighted by atomic mass is 15.1. The van der Waals surface area contributed by atoms with Gasteiger partial charge in [0.1, 0.15) is 0 Å². The number of hydrogen-bond acceptors (Lipinski definition) is 1. The fourth-order valence-electron chi connectivity index (χ4n) is 13.8. The van der Waals surface area contributed by atoms with Crippen LogP contribution in [0.3, 0.4) is 0 Å². The molecule has 378 valence electrons. The summed E-state index contributed by atoms with van der Waals surface area (Å²) < 4.78 is 2.39. The first kappa shape index (κ1) is 46.5. The average molecular weight is 1030 g/mol. The minimum Gasteiger partial charge on any atom is -0.310 e. The molecule has 0 saturated heterocycles. The summed E-state index contributed by atoms with van der Waals surface area (Å²) in [6.07, 6.45) is 0. The number of benzene rings is 14. The third-order valence-electron chi connectivity index (χ3n) is 17.2. The van der Waals surface area contributed by atoms with Crippen LogP contribution < -0.4 is 4.90 Å². The molecular formula is C79H52N2. The van der Waals surface area contributed by atoms with Crippen LogP contribution in [0.5, 0.6) is 0 Å². The van der Waals surface area contributed by atoms with Gasteiger partial charge in [-0.2, -0.15) is 0 Å². The molecule has 14 aromatic carbocycles. The molecule has 2 nitrogen and oxygen atoms in total. The van der Waals surface area contributed by atoms with E-state index in [-0.39, 0.29) is 0 Å². The fourth-order valence-corrected chi connectivity index (χ4v) is 13.8. The molecule has 0 amide bonds. The lowest BCUT2D eigenvalue weighted by atomic mass is 9.67. The number of aromatic nitrogens is 1. The van der Waals surface area contributed by atoms with Crippen molar-refractivity contribution in [3.63, 3.8) is 0 Å². The molecule has 0 radical (unpaired) electrons. The zero-order valence-corrected chi connectivity index (χ0v) is 44.4. The zero-order valence-electron chi connectivity index (χ0n) is 44.4. The summed E-state index contributed by atoms with van der Waals surface area (Å²) in [6.45, 7) is 0. The maximum atomic E-state index is 2.51. The lowest BCUT2D eigenvalue weighted by molar-refractivity contribution is 0.769. The van der Waals surface area contributed by atoms with Crippen LogP contribution in [0.25, 0.3) is 104 Å². The van der Waals surface area contributed by atoms with Gasteiger partial charge in [-0.25, -0.2) is 0 Å². The maximum absolute atomic E-state index is 2.51. The van der Waals surface area contributed by atoms with E-state index >= 15 is 0 Å². The molecule has 0 atom stereocenters. The van der Waals surface area contributed by atoms with E-state index in [0.717, 1.165) is 22.7 Å². The first-order valence-corrected chi connectivity index (χ1v) is 28.1. The topological polar surface area (TPSA) is 8.17 Å². The van der Waals surface area contributed by atoms with Crippen molar-refractivity contribution in [2.24, 2.45) is 0 Å². The minimum atomic E-state index is -0.503. The molecule has 15 aromatic rings. The van der Waals surface area contributed by atoms with Crippen molar-refractivity contribution in [1.82, 2.24) is 4.57 Å². The van der Waals surface area contributed by atoms with Crippen molar-refractivity contribution in [2.45, 2.75) is 5.41 Å². The van der Waals surface area contributed by atoms with E-state index in [4.69, 9.17) is 0 Å².